The van der Waals surface area contributed by atoms with Gasteiger partial charge in [0.1, 0.15) is 0 Å². The normalized spacial score (nSPS) is 11.8. The van der Waals surface area contributed by atoms with Crippen molar-refractivity contribution in [3.63, 3.8) is 0 Å². The van der Waals surface area contributed by atoms with Crippen molar-refractivity contribution in [3.8, 4) is 22.5 Å². The van der Waals surface area contributed by atoms with E-state index in [9.17, 15) is 4.79 Å². The highest BCUT2D eigenvalue weighted by Crippen LogP contribution is 2.34. The quantitative estimate of drug-likeness (QED) is 0.267. The topological polar surface area (TPSA) is 57.8 Å². The number of thioether (sulfide) groups is 1. The van der Waals surface area contributed by atoms with Gasteiger partial charge in [0.25, 0.3) is 0 Å². The van der Waals surface area contributed by atoms with Crippen molar-refractivity contribution >= 4 is 46.6 Å². The van der Waals surface area contributed by atoms with Crippen molar-refractivity contribution in [3.05, 3.63) is 88.9 Å². The summed E-state index contributed by atoms with van der Waals surface area (Å²) in [5.41, 5.74) is 4.46. The SMILES string of the molecule is CCC(Sc1nc(-c2ccccc2)c(-c2ccccc2)[nH]1)C(=O)Nc1ccc(Cl)c(Cl)c1. The maximum Gasteiger partial charge on any atom is 0.237 e. The van der Waals surface area contributed by atoms with Gasteiger partial charge < -0.3 is 10.3 Å². The van der Waals surface area contributed by atoms with Gasteiger partial charge in [-0.05, 0) is 24.6 Å². The van der Waals surface area contributed by atoms with Crippen LogP contribution in [0.4, 0.5) is 5.69 Å². The van der Waals surface area contributed by atoms with Gasteiger partial charge in [-0.1, -0.05) is 103 Å². The third kappa shape index (κ3) is 5.18. The van der Waals surface area contributed by atoms with Crippen LogP contribution >= 0.6 is 35.0 Å². The zero-order valence-corrected chi connectivity index (χ0v) is 19.6. The molecule has 32 heavy (non-hydrogen) atoms. The summed E-state index contributed by atoms with van der Waals surface area (Å²) < 4.78 is 0. The molecule has 1 unspecified atom stereocenters. The van der Waals surface area contributed by atoms with Gasteiger partial charge in [-0.15, -0.1) is 0 Å². The first-order valence-corrected chi connectivity index (χ1v) is 11.8. The minimum atomic E-state index is -0.331. The lowest BCUT2D eigenvalue weighted by atomic mass is 10.1. The van der Waals surface area contributed by atoms with Crippen molar-refractivity contribution in [2.45, 2.75) is 23.8 Å². The molecular formula is C25H21Cl2N3OS. The molecule has 4 nitrogen and oxygen atoms in total. The van der Waals surface area contributed by atoms with Crippen LogP contribution < -0.4 is 5.32 Å². The lowest BCUT2D eigenvalue weighted by Crippen LogP contribution is -2.24. The number of aromatic amines is 1. The standard InChI is InChI=1S/C25H21Cl2N3OS/c1-2-21(24(31)28-18-13-14-19(26)20(27)15-18)32-25-29-22(16-9-5-3-6-10-16)23(30-25)17-11-7-4-8-12-17/h3-15,21H,2H2,1H3,(H,28,31)(H,29,30). The molecule has 0 saturated carbocycles. The molecule has 1 atom stereocenters. The largest absolute Gasteiger partial charge is 0.332 e. The number of aromatic nitrogens is 2. The van der Waals surface area contributed by atoms with Gasteiger partial charge in [0.05, 0.1) is 26.7 Å². The Balaban J connectivity index is 1.60. The summed E-state index contributed by atoms with van der Waals surface area (Å²) in [6.45, 7) is 1.98. The number of rotatable bonds is 7. The summed E-state index contributed by atoms with van der Waals surface area (Å²) in [4.78, 5) is 21.2. The lowest BCUT2D eigenvalue weighted by Gasteiger charge is -2.13. The summed E-state index contributed by atoms with van der Waals surface area (Å²) in [5, 5.41) is 4.13. The van der Waals surface area contributed by atoms with Crippen LogP contribution in [-0.4, -0.2) is 21.1 Å². The molecule has 4 rings (SSSR count). The molecule has 162 valence electrons. The third-order valence-corrected chi connectivity index (χ3v) is 6.88. The molecule has 7 heteroatoms. The second kappa shape index (κ2) is 10.3. The molecule has 0 aliphatic heterocycles. The van der Waals surface area contributed by atoms with Gasteiger partial charge in [-0.2, -0.15) is 0 Å². The van der Waals surface area contributed by atoms with Crippen LogP contribution in [0.2, 0.25) is 10.0 Å². The van der Waals surface area contributed by atoms with Crippen LogP contribution in [0.15, 0.2) is 84.0 Å². The van der Waals surface area contributed by atoms with Gasteiger partial charge in [0.2, 0.25) is 5.91 Å². The molecule has 3 aromatic carbocycles. The van der Waals surface area contributed by atoms with Crippen LogP contribution in [0.3, 0.4) is 0 Å². The molecule has 0 fully saturated rings. The van der Waals surface area contributed by atoms with Crippen molar-refractivity contribution in [1.82, 2.24) is 9.97 Å². The first-order valence-electron chi connectivity index (χ1n) is 10.2. The average Bonchev–Trinajstić information content (AvgIpc) is 3.25. The number of hydrogen-bond donors (Lipinski definition) is 2. The summed E-state index contributed by atoms with van der Waals surface area (Å²) in [7, 11) is 0. The number of benzene rings is 3. The highest BCUT2D eigenvalue weighted by molar-refractivity contribution is 8.00. The van der Waals surface area contributed by atoms with Gasteiger partial charge in [0.15, 0.2) is 5.16 Å². The molecule has 2 N–H and O–H groups in total. The number of anilines is 1. The predicted molar refractivity (Wildman–Crippen MR) is 134 cm³/mol. The minimum Gasteiger partial charge on any atom is -0.332 e. The smallest absolute Gasteiger partial charge is 0.237 e. The predicted octanol–water partition coefficient (Wildman–Crippen LogP) is 7.56. The van der Waals surface area contributed by atoms with E-state index in [1.807, 2.05) is 67.6 Å². The van der Waals surface area contributed by atoms with E-state index in [-0.39, 0.29) is 11.2 Å². The number of halogens is 2. The monoisotopic (exact) mass is 481 g/mol. The number of H-pyrrole nitrogens is 1. The van der Waals surface area contributed by atoms with Crippen molar-refractivity contribution in [1.29, 1.82) is 0 Å². The average molecular weight is 482 g/mol. The molecular weight excluding hydrogens is 461 g/mol. The Bertz CT molecular complexity index is 1160. The first kappa shape index (κ1) is 22.5. The van der Waals surface area contributed by atoms with E-state index in [1.54, 1.807) is 18.2 Å². The summed E-state index contributed by atoms with van der Waals surface area (Å²) >= 11 is 13.5. The number of carbonyl (C=O) groups is 1. The van der Waals surface area contributed by atoms with Crippen LogP contribution in [0, 0.1) is 0 Å². The van der Waals surface area contributed by atoms with E-state index >= 15 is 0 Å². The van der Waals surface area contributed by atoms with Crippen molar-refractivity contribution in [2.75, 3.05) is 5.32 Å². The molecule has 4 aromatic rings. The van der Waals surface area contributed by atoms with Crippen molar-refractivity contribution < 1.29 is 4.79 Å². The Hall–Kier alpha value is -2.73. The number of hydrogen-bond acceptors (Lipinski definition) is 3. The number of nitrogens with zero attached hydrogens (tertiary/aromatic N) is 1. The fourth-order valence-electron chi connectivity index (χ4n) is 3.28. The van der Waals surface area contributed by atoms with E-state index in [2.05, 4.69) is 10.3 Å². The number of imidazole rings is 1. The molecule has 1 heterocycles. The maximum absolute atomic E-state index is 12.9. The van der Waals surface area contributed by atoms with Crippen LogP contribution in [0.25, 0.3) is 22.5 Å². The molecule has 1 aromatic heterocycles. The highest BCUT2D eigenvalue weighted by Gasteiger charge is 2.22. The number of amides is 1. The second-order valence-corrected chi connectivity index (χ2v) is 9.14. The van der Waals surface area contributed by atoms with E-state index in [0.717, 1.165) is 22.5 Å². The molecule has 1 amide bonds. The molecule has 0 spiro atoms. The lowest BCUT2D eigenvalue weighted by molar-refractivity contribution is -0.115. The zero-order chi connectivity index (χ0) is 22.5. The molecule has 0 aliphatic rings. The Labute approximate surface area is 201 Å². The van der Waals surface area contributed by atoms with Crippen LogP contribution in [-0.2, 0) is 4.79 Å². The van der Waals surface area contributed by atoms with Gasteiger partial charge in [-0.25, -0.2) is 4.98 Å². The summed E-state index contributed by atoms with van der Waals surface area (Å²) in [6.07, 6.45) is 0.639. The Kier molecular flexibility index (Phi) is 7.20. The van der Waals surface area contributed by atoms with Crippen LogP contribution in [0.1, 0.15) is 13.3 Å². The first-order chi connectivity index (χ1) is 15.5. The Morgan fingerprint density at radius 2 is 1.62 bits per heavy atom. The fraction of sp³-hybridized carbons (Fsp3) is 0.120. The second-order valence-electron chi connectivity index (χ2n) is 7.13. The maximum atomic E-state index is 12.9. The number of nitrogens with one attached hydrogen (secondary N) is 2. The highest BCUT2D eigenvalue weighted by atomic mass is 35.5. The summed E-state index contributed by atoms with van der Waals surface area (Å²) in [6, 6.07) is 25.1. The van der Waals surface area contributed by atoms with Gasteiger partial charge in [0, 0.05) is 16.8 Å². The Morgan fingerprint density at radius 3 is 2.25 bits per heavy atom. The molecule has 0 bridgehead atoms. The van der Waals surface area contributed by atoms with E-state index in [1.165, 1.54) is 11.8 Å². The fourth-order valence-corrected chi connectivity index (χ4v) is 4.48. The van der Waals surface area contributed by atoms with Gasteiger partial charge >= 0.3 is 0 Å². The minimum absolute atomic E-state index is 0.116. The molecule has 0 aliphatic carbocycles. The Morgan fingerprint density at radius 1 is 0.969 bits per heavy atom. The van der Waals surface area contributed by atoms with Crippen LogP contribution in [0.5, 0.6) is 0 Å². The van der Waals surface area contributed by atoms with E-state index in [4.69, 9.17) is 28.2 Å². The molecule has 0 radical (unpaired) electrons. The number of carbonyl (C=O) groups excluding carboxylic acids is 1. The zero-order valence-electron chi connectivity index (χ0n) is 17.3. The third-order valence-electron chi connectivity index (χ3n) is 4.90. The van der Waals surface area contributed by atoms with E-state index in [0.29, 0.717) is 27.3 Å². The van der Waals surface area contributed by atoms with Crippen molar-refractivity contribution in [2.24, 2.45) is 0 Å². The van der Waals surface area contributed by atoms with E-state index < -0.39 is 0 Å². The summed E-state index contributed by atoms with van der Waals surface area (Å²) in [5.74, 6) is -0.116. The molecule has 0 saturated heterocycles. The van der Waals surface area contributed by atoms with Gasteiger partial charge in [-0.3, -0.25) is 4.79 Å².